The molecule has 0 amide bonds. The lowest BCUT2D eigenvalue weighted by Gasteiger charge is -2.34. The molecule has 1 saturated heterocycles. The van der Waals surface area contributed by atoms with Crippen LogP contribution in [0, 0.1) is 5.92 Å². The molecule has 0 aliphatic carbocycles. The third-order valence-corrected chi connectivity index (χ3v) is 3.43. The lowest BCUT2D eigenvalue weighted by Crippen LogP contribution is -2.42. The van der Waals surface area contributed by atoms with Crippen LogP contribution < -0.4 is 5.73 Å². The average Bonchev–Trinajstić information content (AvgIpc) is 2.43. The van der Waals surface area contributed by atoms with Gasteiger partial charge in [0.15, 0.2) is 0 Å². The fraction of sp³-hybridized carbons (Fsp3) is 0.846. The second-order valence-electron chi connectivity index (χ2n) is 4.75. The Morgan fingerprint density at radius 2 is 2.17 bits per heavy atom. The summed E-state index contributed by atoms with van der Waals surface area (Å²) in [5.74, 6) is 1.13. The molecule has 3 N–H and O–H groups in total. The van der Waals surface area contributed by atoms with Gasteiger partial charge in [-0.3, -0.25) is 4.99 Å². The van der Waals surface area contributed by atoms with Crippen molar-refractivity contribution in [2.45, 2.75) is 38.7 Å². The maximum absolute atomic E-state index is 9.73. The van der Waals surface area contributed by atoms with Crippen molar-refractivity contribution < 1.29 is 5.11 Å². The lowest BCUT2D eigenvalue weighted by molar-refractivity contribution is 0.0807. The number of aliphatic imine (C=N–C) groups is 2. The molecular formula is C13H26N4O. The molecule has 18 heavy (non-hydrogen) atoms. The van der Waals surface area contributed by atoms with E-state index >= 15 is 0 Å². The number of likely N-dealkylation sites (tertiary alicyclic amines) is 1. The quantitative estimate of drug-likeness (QED) is 0.577. The molecule has 0 aromatic rings. The summed E-state index contributed by atoms with van der Waals surface area (Å²) in [7, 11) is 1.78. The Morgan fingerprint density at radius 1 is 1.50 bits per heavy atom. The molecule has 5 nitrogen and oxygen atoms in total. The minimum absolute atomic E-state index is 0.323. The predicted octanol–water partition coefficient (Wildman–Crippen LogP) is 0.875. The summed E-state index contributed by atoms with van der Waals surface area (Å²) in [6.07, 6.45) is 5.58. The van der Waals surface area contributed by atoms with Gasteiger partial charge in [0, 0.05) is 32.9 Å². The number of rotatable bonds is 4. The number of guanidine groups is 1. The standard InChI is InChI=1S/C13H26N4O/c1-3-4-7-16-13(15-2)17-8-5-11(6-9-17)12(18)10-14/h7,11-12,18H,3-6,8-10,14H2,1-2H3/b15-13+,16-7-. The van der Waals surface area contributed by atoms with Crippen molar-refractivity contribution in [3.63, 3.8) is 0 Å². The molecule has 0 saturated carbocycles. The molecule has 1 aliphatic heterocycles. The van der Waals surface area contributed by atoms with Crippen LogP contribution in [0.4, 0.5) is 0 Å². The number of unbranched alkanes of at least 4 members (excludes halogenated alkanes) is 1. The molecule has 0 aromatic carbocycles. The Balaban J connectivity index is 2.45. The normalized spacial score (nSPS) is 20.7. The van der Waals surface area contributed by atoms with Crippen LogP contribution in [-0.2, 0) is 0 Å². The zero-order chi connectivity index (χ0) is 13.4. The smallest absolute Gasteiger partial charge is 0.219 e. The van der Waals surface area contributed by atoms with Crippen LogP contribution in [0.15, 0.2) is 9.98 Å². The topological polar surface area (TPSA) is 74.2 Å². The highest BCUT2D eigenvalue weighted by atomic mass is 16.3. The first-order valence-corrected chi connectivity index (χ1v) is 6.85. The summed E-state index contributed by atoms with van der Waals surface area (Å²) < 4.78 is 0. The second-order valence-corrected chi connectivity index (χ2v) is 4.75. The van der Waals surface area contributed by atoms with E-state index in [9.17, 15) is 5.11 Å². The van der Waals surface area contributed by atoms with Gasteiger partial charge >= 0.3 is 0 Å². The fourth-order valence-corrected chi connectivity index (χ4v) is 2.23. The third-order valence-electron chi connectivity index (χ3n) is 3.43. The molecule has 1 fully saturated rings. The van der Waals surface area contributed by atoms with Crippen molar-refractivity contribution in [1.82, 2.24) is 4.90 Å². The Kier molecular flexibility index (Phi) is 6.90. The zero-order valence-corrected chi connectivity index (χ0v) is 11.5. The summed E-state index contributed by atoms with van der Waals surface area (Å²) in [5.41, 5.74) is 5.49. The van der Waals surface area contributed by atoms with E-state index in [4.69, 9.17) is 5.73 Å². The fourth-order valence-electron chi connectivity index (χ4n) is 2.23. The Morgan fingerprint density at radius 3 is 2.67 bits per heavy atom. The number of aliphatic hydroxyl groups is 1. The van der Waals surface area contributed by atoms with Crippen LogP contribution in [-0.4, -0.2) is 55.0 Å². The lowest BCUT2D eigenvalue weighted by atomic mass is 9.91. The predicted molar refractivity (Wildman–Crippen MR) is 76.1 cm³/mol. The minimum atomic E-state index is -0.363. The third kappa shape index (κ3) is 4.38. The van der Waals surface area contributed by atoms with Crippen LogP contribution in [0.1, 0.15) is 32.6 Å². The Hall–Kier alpha value is -0.940. The van der Waals surface area contributed by atoms with Gasteiger partial charge in [-0.25, -0.2) is 4.99 Å². The van der Waals surface area contributed by atoms with Crippen LogP contribution in [0.3, 0.4) is 0 Å². The number of piperidine rings is 1. The molecule has 1 atom stereocenters. The molecule has 104 valence electrons. The maximum Gasteiger partial charge on any atom is 0.219 e. The molecular weight excluding hydrogens is 228 g/mol. The highest BCUT2D eigenvalue weighted by Crippen LogP contribution is 2.20. The monoisotopic (exact) mass is 254 g/mol. The number of aliphatic hydroxyl groups excluding tert-OH is 1. The summed E-state index contributed by atoms with van der Waals surface area (Å²) in [4.78, 5) is 10.8. The van der Waals surface area contributed by atoms with E-state index in [0.717, 1.165) is 44.7 Å². The molecule has 1 aliphatic rings. The first-order valence-electron chi connectivity index (χ1n) is 6.85. The first kappa shape index (κ1) is 15.1. The van der Waals surface area contributed by atoms with Crippen molar-refractivity contribution in [2.24, 2.45) is 21.6 Å². The molecule has 0 bridgehead atoms. The minimum Gasteiger partial charge on any atom is -0.392 e. The van der Waals surface area contributed by atoms with Crippen LogP contribution in [0.2, 0.25) is 0 Å². The molecule has 1 rings (SSSR count). The van der Waals surface area contributed by atoms with E-state index in [-0.39, 0.29) is 6.10 Å². The maximum atomic E-state index is 9.73. The summed E-state index contributed by atoms with van der Waals surface area (Å²) >= 11 is 0. The Labute approximate surface area is 110 Å². The Bertz CT molecular complexity index is 283. The van der Waals surface area contributed by atoms with Gasteiger partial charge in [0.05, 0.1) is 6.10 Å². The van der Waals surface area contributed by atoms with Crippen molar-refractivity contribution in [2.75, 3.05) is 26.7 Å². The molecule has 1 unspecified atom stereocenters. The van der Waals surface area contributed by atoms with E-state index in [0.29, 0.717) is 12.5 Å². The first-order chi connectivity index (χ1) is 8.72. The van der Waals surface area contributed by atoms with E-state index in [1.807, 2.05) is 6.21 Å². The van der Waals surface area contributed by atoms with Crippen LogP contribution in [0.25, 0.3) is 0 Å². The van der Waals surface area contributed by atoms with Gasteiger partial charge < -0.3 is 15.7 Å². The highest BCUT2D eigenvalue weighted by Gasteiger charge is 2.25. The van der Waals surface area contributed by atoms with E-state index < -0.39 is 0 Å². The van der Waals surface area contributed by atoms with E-state index in [2.05, 4.69) is 21.8 Å². The zero-order valence-electron chi connectivity index (χ0n) is 11.5. The summed E-state index contributed by atoms with van der Waals surface area (Å²) in [6.45, 7) is 4.29. The van der Waals surface area contributed by atoms with E-state index in [1.54, 1.807) is 7.05 Å². The highest BCUT2D eigenvalue weighted by molar-refractivity contribution is 5.87. The van der Waals surface area contributed by atoms with Crippen molar-refractivity contribution in [1.29, 1.82) is 0 Å². The SMILES string of the molecule is CCC/C=N\C(=N/C)N1CCC(C(O)CN)CC1. The van der Waals surface area contributed by atoms with Gasteiger partial charge in [0.25, 0.3) is 0 Å². The number of hydrogen-bond acceptors (Lipinski definition) is 3. The van der Waals surface area contributed by atoms with Gasteiger partial charge in [-0.2, -0.15) is 0 Å². The van der Waals surface area contributed by atoms with Crippen LogP contribution in [0.5, 0.6) is 0 Å². The number of hydrogen-bond donors (Lipinski definition) is 2. The van der Waals surface area contributed by atoms with Gasteiger partial charge in [0.2, 0.25) is 5.96 Å². The molecule has 5 heteroatoms. The van der Waals surface area contributed by atoms with Gasteiger partial charge in [-0.05, 0) is 25.2 Å². The van der Waals surface area contributed by atoms with Gasteiger partial charge in [-0.15, -0.1) is 0 Å². The average molecular weight is 254 g/mol. The van der Waals surface area contributed by atoms with Gasteiger partial charge in [0.1, 0.15) is 0 Å². The van der Waals surface area contributed by atoms with Crippen molar-refractivity contribution in [3.05, 3.63) is 0 Å². The summed E-state index contributed by atoms with van der Waals surface area (Å²) in [5, 5.41) is 9.73. The van der Waals surface area contributed by atoms with Crippen molar-refractivity contribution in [3.8, 4) is 0 Å². The summed E-state index contributed by atoms with van der Waals surface area (Å²) in [6, 6.07) is 0. The van der Waals surface area contributed by atoms with E-state index in [1.165, 1.54) is 0 Å². The largest absolute Gasteiger partial charge is 0.392 e. The second kappa shape index (κ2) is 8.21. The molecule has 0 spiro atoms. The molecule has 1 heterocycles. The number of nitrogens with zero attached hydrogens (tertiary/aromatic N) is 3. The molecule has 0 aromatic heterocycles. The van der Waals surface area contributed by atoms with Crippen molar-refractivity contribution >= 4 is 12.2 Å². The van der Waals surface area contributed by atoms with Gasteiger partial charge in [-0.1, -0.05) is 13.3 Å². The van der Waals surface area contributed by atoms with Crippen LogP contribution >= 0.6 is 0 Å². The molecule has 0 radical (unpaired) electrons. The number of nitrogens with two attached hydrogens (primary N) is 1.